The van der Waals surface area contributed by atoms with Crippen LogP contribution >= 0.6 is 0 Å². The molecular weight excluding hydrogens is 210 g/mol. The summed E-state index contributed by atoms with van der Waals surface area (Å²) < 4.78 is 6.55. The van der Waals surface area contributed by atoms with E-state index in [1.165, 1.54) is 0 Å². The van der Waals surface area contributed by atoms with E-state index in [0.29, 0.717) is 11.3 Å². The second kappa shape index (κ2) is 4.83. The van der Waals surface area contributed by atoms with E-state index in [0.717, 1.165) is 5.56 Å². The summed E-state index contributed by atoms with van der Waals surface area (Å²) in [5.74, 6) is -1.43. The summed E-state index contributed by atoms with van der Waals surface area (Å²) in [6.45, 7) is 3.75. The topological polar surface area (TPSA) is 68.5 Å². The molecule has 0 spiro atoms. The highest BCUT2D eigenvalue weighted by atomic mass is 16.5. The number of aliphatic carboxylic acids is 1. The number of aromatic nitrogens is 1. The lowest BCUT2D eigenvalue weighted by Crippen LogP contribution is -2.13. The van der Waals surface area contributed by atoms with Gasteiger partial charge in [0.05, 0.1) is 18.6 Å². The van der Waals surface area contributed by atoms with Gasteiger partial charge < -0.3 is 14.4 Å². The average Bonchev–Trinajstić information content (AvgIpc) is 2.41. The number of carbonyl (C=O) groups excluding carboxylic acids is 1. The number of carboxylic acid groups (broad SMARTS) is 1. The zero-order chi connectivity index (χ0) is 12.3. The lowest BCUT2D eigenvalue weighted by atomic mass is 10.1. The van der Waals surface area contributed by atoms with E-state index in [1.54, 1.807) is 31.7 Å². The number of carbonyl (C=O) groups is 2. The molecule has 0 fully saturated rings. The molecule has 0 aliphatic heterocycles. The molecule has 5 heteroatoms. The zero-order valence-electron chi connectivity index (χ0n) is 9.61. The minimum Gasteiger partial charge on any atom is -0.481 e. The monoisotopic (exact) mass is 225 g/mol. The molecule has 1 aromatic heterocycles. The fourth-order valence-electron chi connectivity index (χ4n) is 1.68. The third-order valence-corrected chi connectivity index (χ3v) is 2.29. The van der Waals surface area contributed by atoms with Gasteiger partial charge in [-0.2, -0.15) is 0 Å². The highest BCUT2D eigenvalue weighted by molar-refractivity contribution is 5.93. The van der Waals surface area contributed by atoms with E-state index >= 15 is 0 Å². The first-order chi connectivity index (χ1) is 7.47. The van der Waals surface area contributed by atoms with Crippen molar-refractivity contribution in [1.29, 1.82) is 0 Å². The number of hydrogen-bond donors (Lipinski definition) is 1. The molecule has 0 saturated carbocycles. The Labute approximate surface area is 93.6 Å². The molecule has 0 aliphatic carbocycles. The summed E-state index contributed by atoms with van der Waals surface area (Å²) in [4.78, 5) is 22.4. The number of rotatable bonds is 4. The van der Waals surface area contributed by atoms with Crippen molar-refractivity contribution >= 4 is 11.9 Å². The number of hydrogen-bond acceptors (Lipinski definition) is 3. The van der Waals surface area contributed by atoms with Crippen molar-refractivity contribution in [3.63, 3.8) is 0 Å². The van der Waals surface area contributed by atoms with Gasteiger partial charge in [0.1, 0.15) is 0 Å². The van der Waals surface area contributed by atoms with Gasteiger partial charge >= 0.3 is 11.9 Å². The molecule has 1 N–H and O–H groups in total. The summed E-state index contributed by atoms with van der Waals surface area (Å²) in [7, 11) is 1.72. The summed E-state index contributed by atoms with van der Waals surface area (Å²) in [6.07, 6.45) is 1.54. The lowest BCUT2D eigenvalue weighted by molar-refractivity contribution is -0.136. The van der Waals surface area contributed by atoms with Gasteiger partial charge in [-0.15, -0.1) is 0 Å². The maximum absolute atomic E-state index is 11.7. The Morgan fingerprint density at radius 2 is 2.12 bits per heavy atom. The standard InChI is InChI=1S/C11H15NO4/c1-4-16-11(15)10-7(2)6-12(3)8(10)5-9(13)14/h6H,4-5H2,1-3H3,(H,13,14). The maximum atomic E-state index is 11.7. The molecule has 0 radical (unpaired) electrons. The van der Waals surface area contributed by atoms with Gasteiger partial charge in [0.2, 0.25) is 0 Å². The fourth-order valence-corrected chi connectivity index (χ4v) is 1.68. The van der Waals surface area contributed by atoms with Crippen LogP contribution in [-0.4, -0.2) is 28.2 Å². The molecule has 0 bridgehead atoms. The van der Waals surface area contributed by atoms with E-state index in [-0.39, 0.29) is 13.0 Å². The molecule has 88 valence electrons. The number of esters is 1. The fraction of sp³-hybridized carbons (Fsp3) is 0.455. The Balaban J connectivity index is 3.14. The van der Waals surface area contributed by atoms with Crippen molar-refractivity contribution in [3.05, 3.63) is 23.0 Å². The van der Waals surface area contributed by atoms with E-state index < -0.39 is 11.9 Å². The molecule has 1 heterocycles. The first kappa shape index (κ1) is 12.3. The molecule has 0 unspecified atom stereocenters. The average molecular weight is 225 g/mol. The van der Waals surface area contributed by atoms with Crippen LogP contribution in [0.15, 0.2) is 6.20 Å². The summed E-state index contributed by atoms with van der Waals surface area (Å²) in [5, 5.41) is 8.77. The van der Waals surface area contributed by atoms with Crippen LogP contribution in [0.2, 0.25) is 0 Å². The molecule has 0 saturated heterocycles. The van der Waals surface area contributed by atoms with Crippen LogP contribution in [0.5, 0.6) is 0 Å². The predicted octanol–water partition coefficient (Wildman–Crippen LogP) is 1.14. The number of aryl methyl sites for hydroxylation is 2. The van der Waals surface area contributed by atoms with Crippen molar-refractivity contribution in [1.82, 2.24) is 4.57 Å². The molecule has 0 atom stereocenters. The third-order valence-electron chi connectivity index (χ3n) is 2.29. The molecule has 0 aromatic carbocycles. The molecule has 0 amide bonds. The van der Waals surface area contributed by atoms with Crippen molar-refractivity contribution in [2.75, 3.05) is 6.61 Å². The normalized spacial score (nSPS) is 10.2. The summed E-state index contributed by atoms with van der Waals surface area (Å²) in [5.41, 5.74) is 1.58. The SMILES string of the molecule is CCOC(=O)c1c(C)cn(C)c1CC(=O)O. The van der Waals surface area contributed by atoms with Gasteiger partial charge in [-0.1, -0.05) is 0 Å². The maximum Gasteiger partial charge on any atom is 0.340 e. The van der Waals surface area contributed by atoms with Crippen LogP contribution in [0, 0.1) is 6.92 Å². The minimum atomic E-state index is -0.966. The smallest absolute Gasteiger partial charge is 0.340 e. The van der Waals surface area contributed by atoms with E-state index in [4.69, 9.17) is 9.84 Å². The second-order valence-electron chi connectivity index (χ2n) is 3.54. The van der Waals surface area contributed by atoms with Gasteiger partial charge in [-0.25, -0.2) is 4.79 Å². The molecular formula is C11H15NO4. The summed E-state index contributed by atoms with van der Waals surface area (Å²) >= 11 is 0. The lowest BCUT2D eigenvalue weighted by Gasteiger charge is -2.05. The van der Waals surface area contributed by atoms with Crippen molar-refractivity contribution in [3.8, 4) is 0 Å². The minimum absolute atomic E-state index is 0.182. The van der Waals surface area contributed by atoms with Gasteiger partial charge in [0.15, 0.2) is 0 Å². The predicted molar refractivity (Wildman–Crippen MR) is 57.4 cm³/mol. The van der Waals surface area contributed by atoms with E-state index in [2.05, 4.69) is 0 Å². The Morgan fingerprint density at radius 3 is 2.62 bits per heavy atom. The highest BCUT2D eigenvalue weighted by Gasteiger charge is 2.21. The quantitative estimate of drug-likeness (QED) is 0.780. The number of nitrogens with zero attached hydrogens (tertiary/aromatic N) is 1. The van der Waals surface area contributed by atoms with E-state index in [9.17, 15) is 9.59 Å². The van der Waals surface area contributed by atoms with Gasteiger partial charge in [0.25, 0.3) is 0 Å². The molecule has 1 aromatic rings. The number of carboxylic acids is 1. The van der Waals surface area contributed by atoms with Crippen molar-refractivity contribution in [2.24, 2.45) is 7.05 Å². The number of ether oxygens (including phenoxy) is 1. The molecule has 0 aliphatic rings. The molecule has 5 nitrogen and oxygen atoms in total. The van der Waals surface area contributed by atoms with Crippen LogP contribution in [0.4, 0.5) is 0 Å². The van der Waals surface area contributed by atoms with Crippen LogP contribution in [0.1, 0.15) is 28.5 Å². The molecule has 1 rings (SSSR count). The van der Waals surface area contributed by atoms with Gasteiger partial charge in [-0.05, 0) is 19.4 Å². The second-order valence-corrected chi connectivity index (χ2v) is 3.54. The highest BCUT2D eigenvalue weighted by Crippen LogP contribution is 2.18. The Kier molecular flexibility index (Phi) is 3.71. The van der Waals surface area contributed by atoms with Gasteiger partial charge in [0, 0.05) is 18.9 Å². The third kappa shape index (κ3) is 2.42. The molecule has 16 heavy (non-hydrogen) atoms. The Morgan fingerprint density at radius 1 is 1.50 bits per heavy atom. The van der Waals surface area contributed by atoms with Gasteiger partial charge in [-0.3, -0.25) is 4.79 Å². The Bertz CT molecular complexity index is 420. The first-order valence-electron chi connectivity index (χ1n) is 5.01. The van der Waals surface area contributed by atoms with Crippen molar-refractivity contribution < 1.29 is 19.4 Å². The summed E-state index contributed by atoms with van der Waals surface area (Å²) in [6, 6.07) is 0. The zero-order valence-corrected chi connectivity index (χ0v) is 9.61. The largest absolute Gasteiger partial charge is 0.481 e. The van der Waals surface area contributed by atoms with Crippen LogP contribution in [0.3, 0.4) is 0 Å². The van der Waals surface area contributed by atoms with E-state index in [1.807, 2.05) is 0 Å². The van der Waals surface area contributed by atoms with Crippen LogP contribution in [0.25, 0.3) is 0 Å². The Hall–Kier alpha value is -1.78. The van der Waals surface area contributed by atoms with Crippen LogP contribution < -0.4 is 0 Å². The van der Waals surface area contributed by atoms with Crippen molar-refractivity contribution in [2.45, 2.75) is 20.3 Å². The first-order valence-corrected chi connectivity index (χ1v) is 5.01. The van der Waals surface area contributed by atoms with Crippen LogP contribution in [-0.2, 0) is 23.0 Å².